The first kappa shape index (κ1) is 34.3. The predicted octanol–water partition coefficient (Wildman–Crippen LogP) is 6.75. The molecule has 0 bridgehead atoms. The van der Waals surface area contributed by atoms with E-state index in [1.807, 2.05) is 24.3 Å². The van der Waals surface area contributed by atoms with Gasteiger partial charge < -0.3 is 29.4 Å². The summed E-state index contributed by atoms with van der Waals surface area (Å²) in [5.41, 5.74) is 2.73. The second-order valence-electron chi connectivity index (χ2n) is 11.8. The van der Waals surface area contributed by atoms with E-state index >= 15 is 0 Å². The molecule has 0 radical (unpaired) electrons. The summed E-state index contributed by atoms with van der Waals surface area (Å²) >= 11 is 0. The zero-order chi connectivity index (χ0) is 34.8. The van der Waals surface area contributed by atoms with Crippen LogP contribution in [0.2, 0.25) is 0 Å². The third-order valence-electron chi connectivity index (χ3n) is 8.73. The summed E-state index contributed by atoms with van der Waals surface area (Å²) in [4.78, 5) is 15.0. The van der Waals surface area contributed by atoms with Crippen LogP contribution in [0.1, 0.15) is 57.0 Å². The molecule has 3 unspecified atom stereocenters. The number of aliphatic hydroxyl groups excluding tert-OH is 1. The summed E-state index contributed by atoms with van der Waals surface area (Å²) in [6.07, 6.45) is -0.409. The highest BCUT2D eigenvalue weighted by Crippen LogP contribution is 2.40. The van der Waals surface area contributed by atoms with Crippen LogP contribution < -0.4 is 14.8 Å². The fraction of sp³-hybridized carbons (Fsp3) is 0.306. The Morgan fingerprint density at radius 1 is 0.857 bits per heavy atom. The first-order chi connectivity index (χ1) is 23.6. The number of halogens is 5. The SMILES string of the molecule is COc1cc2c(cc1OC)CN(CC1CC(c3ccc(CO)cc3)OC(c3cccc(NC(=O)c4c(F)c(F)c(F)c(F)c4F)c3)O1)CC2. The lowest BCUT2D eigenvalue weighted by Crippen LogP contribution is -2.41. The van der Waals surface area contributed by atoms with Crippen molar-refractivity contribution in [1.29, 1.82) is 0 Å². The van der Waals surface area contributed by atoms with Crippen LogP contribution in [0.25, 0.3) is 0 Å². The number of carbonyl (C=O) groups excluding carboxylic acids is 1. The number of hydrogen-bond acceptors (Lipinski definition) is 7. The van der Waals surface area contributed by atoms with E-state index in [-0.39, 0.29) is 18.4 Å². The summed E-state index contributed by atoms with van der Waals surface area (Å²) < 4.78 is 93.5. The molecule has 4 aromatic rings. The van der Waals surface area contributed by atoms with Crippen molar-refractivity contribution in [3.63, 3.8) is 0 Å². The number of fused-ring (bicyclic) bond motifs is 1. The summed E-state index contributed by atoms with van der Waals surface area (Å²) in [6, 6.07) is 17.4. The van der Waals surface area contributed by atoms with Crippen molar-refractivity contribution in [2.24, 2.45) is 0 Å². The van der Waals surface area contributed by atoms with Crippen LogP contribution >= 0.6 is 0 Å². The molecule has 3 atom stereocenters. The van der Waals surface area contributed by atoms with Gasteiger partial charge in [-0.25, -0.2) is 22.0 Å². The fourth-order valence-electron chi connectivity index (χ4n) is 6.18. The van der Waals surface area contributed by atoms with Gasteiger partial charge in [0.2, 0.25) is 5.82 Å². The average Bonchev–Trinajstić information content (AvgIpc) is 3.12. The van der Waals surface area contributed by atoms with Crippen molar-refractivity contribution in [2.75, 3.05) is 32.6 Å². The highest BCUT2D eigenvalue weighted by atomic mass is 19.2. The van der Waals surface area contributed by atoms with Gasteiger partial charge in [0, 0.05) is 37.3 Å². The number of methoxy groups -OCH3 is 2. The summed E-state index contributed by atoms with van der Waals surface area (Å²) in [5, 5.41) is 11.7. The number of hydrogen-bond donors (Lipinski definition) is 2. The summed E-state index contributed by atoms with van der Waals surface area (Å²) in [6.45, 7) is 1.85. The van der Waals surface area contributed by atoms with Gasteiger partial charge in [0.1, 0.15) is 5.56 Å². The number of anilines is 1. The number of nitrogens with zero attached hydrogens (tertiary/aromatic N) is 1. The highest BCUT2D eigenvalue weighted by molar-refractivity contribution is 6.04. The number of rotatable bonds is 9. The summed E-state index contributed by atoms with van der Waals surface area (Å²) in [5.74, 6) is -11.5. The maximum absolute atomic E-state index is 14.3. The van der Waals surface area contributed by atoms with Crippen LogP contribution in [0.15, 0.2) is 60.7 Å². The zero-order valence-electron chi connectivity index (χ0n) is 26.6. The monoisotopic (exact) mass is 684 g/mol. The first-order valence-electron chi connectivity index (χ1n) is 15.5. The van der Waals surface area contributed by atoms with E-state index in [1.165, 1.54) is 23.8 Å². The molecule has 0 spiro atoms. The molecule has 6 rings (SSSR count). The number of carbonyl (C=O) groups is 1. The Balaban J connectivity index is 1.24. The van der Waals surface area contributed by atoms with E-state index in [9.17, 15) is 31.9 Å². The second-order valence-corrected chi connectivity index (χ2v) is 11.8. The van der Waals surface area contributed by atoms with Gasteiger partial charge in [-0.2, -0.15) is 0 Å². The molecule has 2 aliphatic rings. The Morgan fingerprint density at radius 3 is 2.16 bits per heavy atom. The minimum absolute atomic E-state index is 0.0154. The molecule has 1 saturated heterocycles. The first-order valence-corrected chi connectivity index (χ1v) is 15.5. The molecule has 2 heterocycles. The van der Waals surface area contributed by atoms with Crippen LogP contribution in [0.3, 0.4) is 0 Å². The third kappa shape index (κ3) is 7.11. The molecule has 2 N–H and O–H groups in total. The number of ether oxygens (including phenoxy) is 4. The topological polar surface area (TPSA) is 89.5 Å². The molecule has 0 saturated carbocycles. The van der Waals surface area contributed by atoms with Crippen molar-refractivity contribution >= 4 is 11.6 Å². The lowest BCUT2D eigenvalue weighted by atomic mass is 9.97. The van der Waals surface area contributed by atoms with Gasteiger partial charge in [-0.3, -0.25) is 9.69 Å². The van der Waals surface area contributed by atoms with Crippen molar-refractivity contribution in [1.82, 2.24) is 4.90 Å². The van der Waals surface area contributed by atoms with Gasteiger partial charge in [-0.05, 0) is 52.9 Å². The van der Waals surface area contributed by atoms with Crippen molar-refractivity contribution < 1.29 is 50.8 Å². The van der Waals surface area contributed by atoms with E-state index in [0.717, 1.165) is 29.7 Å². The number of benzene rings is 4. The average molecular weight is 685 g/mol. The number of aliphatic hydroxyl groups is 1. The Hall–Kier alpha value is -4.56. The standard InChI is InChI=1S/C36H33F5N2O6/c1-46-27-13-21-10-11-43(16-23(21)14-28(27)47-2)17-25-15-26(20-8-6-19(18-44)7-9-20)49-36(48-25)22-4-3-5-24(12-22)42-35(45)29-30(37)32(39)34(41)33(40)31(29)38/h3-9,12-14,25-26,36,44H,10-11,15-18H2,1-2H3,(H,42,45). The number of amides is 1. The molecule has 4 aromatic carbocycles. The van der Waals surface area contributed by atoms with Crippen LogP contribution in [-0.4, -0.2) is 49.3 Å². The second kappa shape index (κ2) is 14.5. The van der Waals surface area contributed by atoms with Crippen molar-refractivity contribution in [3.05, 3.63) is 123 Å². The quantitative estimate of drug-likeness (QED) is 0.115. The van der Waals surface area contributed by atoms with Crippen molar-refractivity contribution in [2.45, 2.75) is 44.5 Å². The maximum atomic E-state index is 14.3. The maximum Gasteiger partial charge on any atom is 0.261 e. The fourth-order valence-corrected chi connectivity index (χ4v) is 6.18. The van der Waals surface area contributed by atoms with Crippen LogP contribution in [0, 0.1) is 29.1 Å². The molecule has 13 heteroatoms. The minimum atomic E-state index is -2.36. The Kier molecular flexibility index (Phi) is 10.2. The molecule has 1 fully saturated rings. The van der Waals surface area contributed by atoms with Crippen LogP contribution in [0.5, 0.6) is 11.5 Å². The zero-order valence-corrected chi connectivity index (χ0v) is 26.6. The Morgan fingerprint density at radius 2 is 1.51 bits per heavy atom. The Labute approximate surface area is 279 Å². The molecule has 49 heavy (non-hydrogen) atoms. The van der Waals surface area contributed by atoms with E-state index in [4.69, 9.17) is 18.9 Å². The molecule has 2 aliphatic heterocycles. The largest absolute Gasteiger partial charge is 0.493 e. The van der Waals surface area contributed by atoms with Gasteiger partial charge in [0.15, 0.2) is 41.1 Å². The van der Waals surface area contributed by atoms with E-state index in [1.54, 1.807) is 32.4 Å². The lowest BCUT2D eigenvalue weighted by molar-refractivity contribution is -0.253. The van der Waals surface area contributed by atoms with Gasteiger partial charge in [-0.1, -0.05) is 36.4 Å². The molecule has 0 aromatic heterocycles. The van der Waals surface area contributed by atoms with Crippen molar-refractivity contribution in [3.8, 4) is 11.5 Å². The number of nitrogens with one attached hydrogen (secondary N) is 1. The predicted molar refractivity (Wildman–Crippen MR) is 168 cm³/mol. The summed E-state index contributed by atoms with van der Waals surface area (Å²) in [7, 11) is 3.19. The van der Waals surface area contributed by atoms with Gasteiger partial charge >= 0.3 is 0 Å². The molecule has 1 amide bonds. The molecule has 0 aliphatic carbocycles. The van der Waals surface area contributed by atoms with E-state index < -0.39 is 53.0 Å². The van der Waals surface area contributed by atoms with Crippen LogP contribution in [0.4, 0.5) is 27.6 Å². The van der Waals surface area contributed by atoms with E-state index in [0.29, 0.717) is 36.6 Å². The molecule has 8 nitrogen and oxygen atoms in total. The molecular weight excluding hydrogens is 651 g/mol. The van der Waals surface area contributed by atoms with Gasteiger partial charge in [-0.15, -0.1) is 0 Å². The molecular formula is C36H33F5N2O6. The van der Waals surface area contributed by atoms with Gasteiger partial charge in [0.05, 0.1) is 33.0 Å². The van der Waals surface area contributed by atoms with E-state index in [2.05, 4.69) is 10.2 Å². The van der Waals surface area contributed by atoms with Gasteiger partial charge in [0.25, 0.3) is 5.91 Å². The molecule has 258 valence electrons. The smallest absolute Gasteiger partial charge is 0.261 e. The minimum Gasteiger partial charge on any atom is -0.493 e. The third-order valence-corrected chi connectivity index (χ3v) is 8.73. The lowest BCUT2D eigenvalue weighted by Gasteiger charge is -2.39. The van der Waals surface area contributed by atoms with Crippen LogP contribution in [-0.2, 0) is 29.0 Å². The Bertz CT molecular complexity index is 1830. The normalized spacial score (nSPS) is 19.3. The highest BCUT2D eigenvalue weighted by Gasteiger charge is 2.35.